The van der Waals surface area contributed by atoms with Crippen molar-refractivity contribution < 1.29 is 0 Å². The Hall–Kier alpha value is -1.31. The molecule has 0 saturated carbocycles. The highest BCUT2D eigenvalue weighted by atomic mass is 15.0. The molecule has 16 heavy (non-hydrogen) atoms. The Kier molecular flexibility index (Phi) is 2.99. The lowest BCUT2D eigenvalue weighted by Gasteiger charge is -2.09. The van der Waals surface area contributed by atoms with E-state index in [1.807, 2.05) is 6.33 Å². The molecule has 0 spiro atoms. The smallest absolute Gasteiger partial charge is 0.0958 e. The molecule has 0 unspecified atom stereocenters. The molecule has 2 aromatic rings. The Balaban J connectivity index is 2.47. The van der Waals surface area contributed by atoms with E-state index in [4.69, 9.17) is 0 Å². The largest absolute Gasteiger partial charge is 0.330 e. The summed E-state index contributed by atoms with van der Waals surface area (Å²) in [6.45, 7) is 9.96. The summed E-state index contributed by atoms with van der Waals surface area (Å²) in [5.74, 6) is 1.23. The standard InChI is InChI=1S/C14H20N2/c1-10(2)8-16-9-15-13-6-5-12(11(3)4)7-14(13)16/h5-7,9-11H,8H2,1-4H3. The van der Waals surface area contributed by atoms with E-state index in [1.54, 1.807) is 0 Å². The summed E-state index contributed by atoms with van der Waals surface area (Å²) in [4.78, 5) is 4.44. The van der Waals surface area contributed by atoms with E-state index in [1.165, 1.54) is 11.1 Å². The van der Waals surface area contributed by atoms with Crippen LogP contribution in [0, 0.1) is 5.92 Å². The molecule has 0 fully saturated rings. The van der Waals surface area contributed by atoms with Gasteiger partial charge < -0.3 is 4.57 Å². The Labute approximate surface area is 97.3 Å². The predicted molar refractivity (Wildman–Crippen MR) is 68.7 cm³/mol. The van der Waals surface area contributed by atoms with Crippen LogP contribution in [0.5, 0.6) is 0 Å². The number of aromatic nitrogens is 2. The first kappa shape index (κ1) is 11.2. The van der Waals surface area contributed by atoms with E-state index >= 15 is 0 Å². The lowest BCUT2D eigenvalue weighted by Crippen LogP contribution is -2.02. The summed E-state index contributed by atoms with van der Waals surface area (Å²) >= 11 is 0. The number of imidazole rings is 1. The van der Waals surface area contributed by atoms with Gasteiger partial charge >= 0.3 is 0 Å². The van der Waals surface area contributed by atoms with Crippen LogP contribution in [0.15, 0.2) is 24.5 Å². The van der Waals surface area contributed by atoms with Crippen molar-refractivity contribution in [3.8, 4) is 0 Å². The van der Waals surface area contributed by atoms with Crippen LogP contribution in [-0.4, -0.2) is 9.55 Å². The zero-order chi connectivity index (χ0) is 11.7. The second kappa shape index (κ2) is 4.28. The van der Waals surface area contributed by atoms with Crippen LogP contribution >= 0.6 is 0 Å². The van der Waals surface area contributed by atoms with E-state index in [2.05, 4.69) is 55.4 Å². The fourth-order valence-corrected chi connectivity index (χ4v) is 1.97. The van der Waals surface area contributed by atoms with E-state index in [0.29, 0.717) is 11.8 Å². The zero-order valence-electron chi connectivity index (χ0n) is 10.6. The SMILES string of the molecule is CC(C)Cn1cnc2ccc(C(C)C)cc21. The first-order chi connectivity index (χ1) is 7.58. The third-order valence-corrected chi connectivity index (χ3v) is 2.87. The third kappa shape index (κ3) is 2.11. The molecule has 0 aliphatic rings. The number of hydrogen-bond donors (Lipinski definition) is 0. The molecule has 0 radical (unpaired) electrons. The van der Waals surface area contributed by atoms with Crippen molar-refractivity contribution in [1.82, 2.24) is 9.55 Å². The minimum absolute atomic E-state index is 0.576. The highest BCUT2D eigenvalue weighted by molar-refractivity contribution is 5.76. The number of benzene rings is 1. The van der Waals surface area contributed by atoms with Crippen molar-refractivity contribution in [1.29, 1.82) is 0 Å². The highest BCUT2D eigenvalue weighted by Gasteiger charge is 2.06. The lowest BCUT2D eigenvalue weighted by atomic mass is 10.0. The summed E-state index contributed by atoms with van der Waals surface area (Å²) in [6.07, 6.45) is 1.95. The first-order valence-electron chi connectivity index (χ1n) is 6.02. The van der Waals surface area contributed by atoms with Crippen molar-refractivity contribution >= 4 is 11.0 Å². The van der Waals surface area contributed by atoms with Crippen LogP contribution in [0.4, 0.5) is 0 Å². The normalized spacial score (nSPS) is 11.9. The zero-order valence-corrected chi connectivity index (χ0v) is 10.6. The molecular formula is C14H20N2. The Bertz CT molecular complexity index is 480. The quantitative estimate of drug-likeness (QED) is 0.762. The van der Waals surface area contributed by atoms with Crippen molar-refractivity contribution in [2.45, 2.75) is 40.2 Å². The van der Waals surface area contributed by atoms with E-state index in [9.17, 15) is 0 Å². The van der Waals surface area contributed by atoms with E-state index < -0.39 is 0 Å². The van der Waals surface area contributed by atoms with Gasteiger partial charge in [-0.25, -0.2) is 4.98 Å². The maximum atomic E-state index is 4.44. The lowest BCUT2D eigenvalue weighted by molar-refractivity contribution is 0.532. The van der Waals surface area contributed by atoms with Gasteiger partial charge in [0.1, 0.15) is 0 Å². The highest BCUT2D eigenvalue weighted by Crippen LogP contribution is 2.21. The Morgan fingerprint density at radius 3 is 2.56 bits per heavy atom. The van der Waals surface area contributed by atoms with Crippen molar-refractivity contribution in [2.75, 3.05) is 0 Å². The van der Waals surface area contributed by atoms with Crippen molar-refractivity contribution in [2.24, 2.45) is 5.92 Å². The number of fused-ring (bicyclic) bond motifs is 1. The molecule has 1 aromatic carbocycles. The second-order valence-electron chi connectivity index (χ2n) is 5.19. The minimum Gasteiger partial charge on any atom is -0.330 e. The molecule has 0 N–H and O–H groups in total. The van der Waals surface area contributed by atoms with Gasteiger partial charge in [0.15, 0.2) is 0 Å². The minimum atomic E-state index is 0.576. The Morgan fingerprint density at radius 1 is 1.19 bits per heavy atom. The van der Waals surface area contributed by atoms with Crippen LogP contribution in [-0.2, 0) is 6.54 Å². The summed E-state index contributed by atoms with van der Waals surface area (Å²) in [7, 11) is 0. The molecule has 0 aliphatic carbocycles. The van der Waals surface area contributed by atoms with Gasteiger partial charge in [0.25, 0.3) is 0 Å². The topological polar surface area (TPSA) is 17.8 Å². The van der Waals surface area contributed by atoms with Crippen molar-refractivity contribution in [3.63, 3.8) is 0 Å². The third-order valence-electron chi connectivity index (χ3n) is 2.87. The molecule has 0 bridgehead atoms. The van der Waals surface area contributed by atoms with Crippen LogP contribution < -0.4 is 0 Å². The van der Waals surface area contributed by atoms with Crippen LogP contribution in [0.25, 0.3) is 11.0 Å². The monoisotopic (exact) mass is 216 g/mol. The molecule has 0 atom stereocenters. The number of hydrogen-bond acceptors (Lipinski definition) is 1. The van der Waals surface area contributed by atoms with Gasteiger partial charge in [-0.3, -0.25) is 0 Å². The maximum absolute atomic E-state index is 4.44. The van der Waals surface area contributed by atoms with E-state index in [-0.39, 0.29) is 0 Å². The molecular weight excluding hydrogens is 196 g/mol. The number of rotatable bonds is 3. The first-order valence-corrected chi connectivity index (χ1v) is 6.02. The van der Waals surface area contributed by atoms with Gasteiger partial charge in [-0.15, -0.1) is 0 Å². The molecule has 1 aromatic heterocycles. The molecule has 0 aliphatic heterocycles. The Morgan fingerprint density at radius 2 is 1.94 bits per heavy atom. The van der Waals surface area contributed by atoms with Gasteiger partial charge in [-0.05, 0) is 29.5 Å². The maximum Gasteiger partial charge on any atom is 0.0958 e. The van der Waals surface area contributed by atoms with Crippen LogP contribution in [0.2, 0.25) is 0 Å². The summed E-state index contributed by atoms with van der Waals surface area (Å²) in [6, 6.07) is 6.58. The average molecular weight is 216 g/mol. The van der Waals surface area contributed by atoms with Gasteiger partial charge in [0, 0.05) is 6.54 Å². The molecule has 2 nitrogen and oxygen atoms in total. The van der Waals surface area contributed by atoms with Gasteiger partial charge in [0.2, 0.25) is 0 Å². The molecule has 0 amide bonds. The van der Waals surface area contributed by atoms with Crippen LogP contribution in [0.3, 0.4) is 0 Å². The second-order valence-corrected chi connectivity index (χ2v) is 5.19. The average Bonchev–Trinajstić information content (AvgIpc) is 2.60. The van der Waals surface area contributed by atoms with Gasteiger partial charge in [-0.1, -0.05) is 33.8 Å². The molecule has 86 valence electrons. The molecule has 1 heterocycles. The predicted octanol–water partition coefficient (Wildman–Crippen LogP) is 3.82. The van der Waals surface area contributed by atoms with Gasteiger partial charge in [-0.2, -0.15) is 0 Å². The van der Waals surface area contributed by atoms with Crippen LogP contribution in [0.1, 0.15) is 39.2 Å². The fraction of sp³-hybridized carbons (Fsp3) is 0.500. The number of nitrogens with zero attached hydrogens (tertiary/aromatic N) is 2. The molecule has 0 saturated heterocycles. The van der Waals surface area contributed by atoms with E-state index in [0.717, 1.165) is 12.1 Å². The summed E-state index contributed by atoms with van der Waals surface area (Å²) in [5.41, 5.74) is 3.75. The van der Waals surface area contributed by atoms with Gasteiger partial charge in [0.05, 0.1) is 17.4 Å². The summed E-state index contributed by atoms with van der Waals surface area (Å²) < 4.78 is 2.26. The molecule has 2 heteroatoms. The van der Waals surface area contributed by atoms with Crippen molar-refractivity contribution in [3.05, 3.63) is 30.1 Å². The molecule has 2 rings (SSSR count). The summed E-state index contributed by atoms with van der Waals surface area (Å²) in [5, 5.41) is 0. The fourth-order valence-electron chi connectivity index (χ4n) is 1.97.